The topological polar surface area (TPSA) is 64.9 Å². The number of aliphatic imine (C=N–C) groups is 1. The van der Waals surface area contributed by atoms with Crippen molar-refractivity contribution >= 4 is 6.21 Å². The molecule has 0 saturated carbocycles. The molecule has 0 radical (unpaired) electrons. The fraction of sp³-hybridized carbons (Fsp3) is 0.700. The standard InChI is InChI=1S/C10H20N2O2/c1-3-5-6-12-9(7-10(13)14)8-11-4-2/h4,8-10,12-14H,2-3,5-7H2,1H3. The highest BCUT2D eigenvalue weighted by molar-refractivity contribution is 5.65. The summed E-state index contributed by atoms with van der Waals surface area (Å²) in [5.74, 6) is 0. The zero-order valence-corrected chi connectivity index (χ0v) is 8.69. The van der Waals surface area contributed by atoms with E-state index in [0.717, 1.165) is 19.4 Å². The Morgan fingerprint density at radius 2 is 2.21 bits per heavy atom. The maximum Gasteiger partial charge on any atom is 0.153 e. The van der Waals surface area contributed by atoms with Crippen molar-refractivity contribution < 1.29 is 10.2 Å². The molecule has 1 unspecified atom stereocenters. The molecule has 1 atom stereocenters. The Morgan fingerprint density at radius 3 is 2.71 bits per heavy atom. The van der Waals surface area contributed by atoms with Crippen LogP contribution in [0, 0.1) is 0 Å². The van der Waals surface area contributed by atoms with Gasteiger partial charge in [-0.3, -0.25) is 4.99 Å². The number of unbranched alkanes of at least 4 members (excludes halogenated alkanes) is 1. The molecule has 0 aromatic heterocycles. The van der Waals surface area contributed by atoms with E-state index in [0.29, 0.717) is 0 Å². The Hall–Kier alpha value is -0.710. The van der Waals surface area contributed by atoms with Gasteiger partial charge in [0.25, 0.3) is 0 Å². The summed E-state index contributed by atoms with van der Waals surface area (Å²) in [6.07, 6.45) is 4.20. The second kappa shape index (κ2) is 8.87. The van der Waals surface area contributed by atoms with Crippen molar-refractivity contribution in [2.75, 3.05) is 6.54 Å². The molecule has 3 N–H and O–H groups in total. The van der Waals surface area contributed by atoms with Crippen molar-refractivity contribution in [1.29, 1.82) is 0 Å². The van der Waals surface area contributed by atoms with Crippen LogP contribution in [0.2, 0.25) is 0 Å². The lowest BCUT2D eigenvalue weighted by Crippen LogP contribution is -2.34. The Morgan fingerprint density at radius 1 is 1.50 bits per heavy atom. The molecule has 4 nitrogen and oxygen atoms in total. The van der Waals surface area contributed by atoms with Crippen LogP contribution in [0.25, 0.3) is 0 Å². The molecule has 4 heteroatoms. The summed E-state index contributed by atoms with van der Waals surface area (Å²) in [5, 5.41) is 20.8. The molecule has 0 aliphatic heterocycles. The fourth-order valence-electron chi connectivity index (χ4n) is 1.05. The molecular weight excluding hydrogens is 180 g/mol. The van der Waals surface area contributed by atoms with Gasteiger partial charge < -0.3 is 15.5 Å². The molecular formula is C10H20N2O2. The normalized spacial score (nSPS) is 13.7. The second-order valence-electron chi connectivity index (χ2n) is 3.11. The van der Waals surface area contributed by atoms with E-state index in [4.69, 9.17) is 10.2 Å². The van der Waals surface area contributed by atoms with Gasteiger partial charge in [-0.1, -0.05) is 19.9 Å². The third-order valence-corrected chi connectivity index (χ3v) is 1.77. The summed E-state index contributed by atoms with van der Waals surface area (Å²) in [7, 11) is 0. The number of hydrogen-bond acceptors (Lipinski definition) is 4. The quantitative estimate of drug-likeness (QED) is 0.306. The lowest BCUT2D eigenvalue weighted by molar-refractivity contribution is -0.0473. The molecule has 0 amide bonds. The average Bonchev–Trinajstić information content (AvgIpc) is 2.13. The first kappa shape index (κ1) is 13.3. The average molecular weight is 200 g/mol. The van der Waals surface area contributed by atoms with Crippen molar-refractivity contribution in [2.24, 2.45) is 4.99 Å². The van der Waals surface area contributed by atoms with Crippen molar-refractivity contribution in [1.82, 2.24) is 5.32 Å². The number of rotatable bonds is 8. The summed E-state index contributed by atoms with van der Waals surface area (Å²) >= 11 is 0. The molecule has 14 heavy (non-hydrogen) atoms. The zero-order chi connectivity index (χ0) is 10.8. The molecule has 0 aliphatic rings. The summed E-state index contributed by atoms with van der Waals surface area (Å²) in [6, 6.07) is -0.0976. The molecule has 82 valence electrons. The van der Waals surface area contributed by atoms with Crippen molar-refractivity contribution in [3.8, 4) is 0 Å². The molecule has 0 aromatic rings. The fourth-order valence-corrected chi connectivity index (χ4v) is 1.05. The highest BCUT2D eigenvalue weighted by Crippen LogP contribution is 1.95. The van der Waals surface area contributed by atoms with E-state index in [1.165, 1.54) is 6.20 Å². The van der Waals surface area contributed by atoms with Gasteiger partial charge in [-0.15, -0.1) is 0 Å². The van der Waals surface area contributed by atoms with Gasteiger partial charge in [0.1, 0.15) is 0 Å². The molecule has 0 rings (SSSR count). The Kier molecular flexibility index (Phi) is 8.42. The van der Waals surface area contributed by atoms with E-state index in [1.807, 2.05) is 0 Å². The van der Waals surface area contributed by atoms with Crippen LogP contribution >= 0.6 is 0 Å². The van der Waals surface area contributed by atoms with Gasteiger partial charge in [0, 0.05) is 24.9 Å². The van der Waals surface area contributed by atoms with Crippen LogP contribution in [-0.4, -0.2) is 35.3 Å². The predicted molar refractivity (Wildman–Crippen MR) is 58.2 cm³/mol. The number of nitrogens with zero attached hydrogens (tertiary/aromatic N) is 1. The highest BCUT2D eigenvalue weighted by Gasteiger charge is 2.08. The van der Waals surface area contributed by atoms with E-state index in [-0.39, 0.29) is 12.5 Å². The van der Waals surface area contributed by atoms with Crippen molar-refractivity contribution in [3.05, 3.63) is 12.8 Å². The van der Waals surface area contributed by atoms with Crippen molar-refractivity contribution in [3.63, 3.8) is 0 Å². The number of aliphatic hydroxyl groups excluding tert-OH is 1. The molecule has 0 fully saturated rings. The van der Waals surface area contributed by atoms with Crippen LogP contribution in [0.3, 0.4) is 0 Å². The van der Waals surface area contributed by atoms with E-state index >= 15 is 0 Å². The molecule has 0 heterocycles. The first-order valence-corrected chi connectivity index (χ1v) is 4.94. The minimum absolute atomic E-state index is 0.0976. The smallest absolute Gasteiger partial charge is 0.153 e. The van der Waals surface area contributed by atoms with Crippen molar-refractivity contribution in [2.45, 2.75) is 38.5 Å². The minimum atomic E-state index is -1.30. The number of hydrogen-bond donors (Lipinski definition) is 3. The molecule has 0 bridgehead atoms. The molecule has 0 aromatic carbocycles. The monoisotopic (exact) mass is 200 g/mol. The summed E-state index contributed by atoms with van der Waals surface area (Å²) in [6.45, 7) is 6.42. The third-order valence-electron chi connectivity index (χ3n) is 1.77. The second-order valence-corrected chi connectivity index (χ2v) is 3.11. The number of aliphatic hydroxyl groups is 2. The number of nitrogens with one attached hydrogen (secondary N) is 1. The van der Waals surface area contributed by atoms with E-state index in [2.05, 4.69) is 23.8 Å². The van der Waals surface area contributed by atoms with Gasteiger partial charge in [-0.05, 0) is 13.0 Å². The van der Waals surface area contributed by atoms with E-state index < -0.39 is 6.29 Å². The Balaban J connectivity index is 3.84. The third kappa shape index (κ3) is 7.91. The lowest BCUT2D eigenvalue weighted by atomic mass is 10.2. The van der Waals surface area contributed by atoms with E-state index in [9.17, 15) is 0 Å². The maximum absolute atomic E-state index is 8.81. The van der Waals surface area contributed by atoms with Crippen LogP contribution in [0.15, 0.2) is 17.8 Å². The predicted octanol–water partition coefficient (Wildman–Crippen LogP) is 0.660. The Labute approximate surface area is 85.4 Å². The van der Waals surface area contributed by atoms with Gasteiger partial charge in [0.05, 0.1) is 0 Å². The van der Waals surface area contributed by atoms with Crippen LogP contribution in [0.4, 0.5) is 0 Å². The van der Waals surface area contributed by atoms with Gasteiger partial charge in [-0.25, -0.2) is 0 Å². The van der Waals surface area contributed by atoms with Gasteiger partial charge in [-0.2, -0.15) is 0 Å². The molecule has 0 aliphatic carbocycles. The van der Waals surface area contributed by atoms with Crippen LogP contribution in [0.5, 0.6) is 0 Å². The molecule has 0 saturated heterocycles. The highest BCUT2D eigenvalue weighted by atomic mass is 16.5. The molecule has 0 spiro atoms. The summed E-state index contributed by atoms with van der Waals surface area (Å²) in [4.78, 5) is 3.86. The SMILES string of the molecule is C=CN=CC(CC(O)O)NCCCC. The van der Waals surface area contributed by atoms with Crippen LogP contribution in [-0.2, 0) is 0 Å². The van der Waals surface area contributed by atoms with Gasteiger partial charge in [0.2, 0.25) is 0 Å². The van der Waals surface area contributed by atoms with Gasteiger partial charge >= 0.3 is 0 Å². The minimum Gasteiger partial charge on any atom is -0.368 e. The summed E-state index contributed by atoms with van der Waals surface area (Å²) < 4.78 is 0. The Bertz CT molecular complexity index is 170. The zero-order valence-electron chi connectivity index (χ0n) is 8.69. The summed E-state index contributed by atoms with van der Waals surface area (Å²) in [5.41, 5.74) is 0. The largest absolute Gasteiger partial charge is 0.368 e. The van der Waals surface area contributed by atoms with E-state index in [1.54, 1.807) is 6.21 Å². The van der Waals surface area contributed by atoms with Gasteiger partial charge in [0.15, 0.2) is 6.29 Å². The van der Waals surface area contributed by atoms with Crippen LogP contribution in [0.1, 0.15) is 26.2 Å². The first-order valence-electron chi connectivity index (χ1n) is 4.94. The lowest BCUT2D eigenvalue weighted by Gasteiger charge is -2.14. The maximum atomic E-state index is 8.81. The van der Waals surface area contributed by atoms with Crippen LogP contribution < -0.4 is 5.32 Å². The first-order chi connectivity index (χ1) is 6.70.